The van der Waals surface area contributed by atoms with Gasteiger partial charge in [0.2, 0.25) is 11.8 Å². The molecule has 40 heavy (non-hydrogen) atoms. The molecule has 3 heterocycles. The summed E-state index contributed by atoms with van der Waals surface area (Å²) in [5.74, 6) is -1.97. The van der Waals surface area contributed by atoms with Crippen molar-refractivity contribution in [3.05, 3.63) is 103 Å². The molecule has 3 aromatic carbocycles. The fraction of sp³-hybridized carbons (Fsp3) is 0.172. The third kappa shape index (κ3) is 4.89. The van der Waals surface area contributed by atoms with Gasteiger partial charge in [-0.15, -0.1) is 0 Å². The molecular formula is C29H22BrN3O5S2. The number of aromatic nitrogens is 1. The summed E-state index contributed by atoms with van der Waals surface area (Å²) in [6.07, 6.45) is 0. The van der Waals surface area contributed by atoms with Crippen molar-refractivity contribution < 1.29 is 19.1 Å². The minimum absolute atomic E-state index is 0.255. The average molecular weight is 637 g/mol. The van der Waals surface area contributed by atoms with Crippen LogP contribution in [0.25, 0.3) is 0 Å². The van der Waals surface area contributed by atoms with E-state index in [0.29, 0.717) is 32.6 Å². The van der Waals surface area contributed by atoms with Gasteiger partial charge in [0.1, 0.15) is 11.0 Å². The molecule has 0 unspecified atom stereocenters. The number of amides is 3. The largest absolute Gasteiger partial charge is 0.483 e. The second-order valence-corrected chi connectivity index (χ2v) is 12.6. The first kappa shape index (κ1) is 26.5. The zero-order chi connectivity index (χ0) is 28.0. The van der Waals surface area contributed by atoms with Gasteiger partial charge >= 0.3 is 4.87 Å². The Balaban J connectivity index is 1.34. The molecule has 0 aliphatic carbocycles. The molecule has 0 bridgehead atoms. The van der Waals surface area contributed by atoms with Gasteiger partial charge in [-0.2, -0.15) is 0 Å². The lowest BCUT2D eigenvalue weighted by Gasteiger charge is -2.30. The number of thioether (sulfide) groups is 1. The van der Waals surface area contributed by atoms with Crippen LogP contribution in [0.15, 0.2) is 87.1 Å². The lowest BCUT2D eigenvalue weighted by Crippen LogP contribution is -2.32. The van der Waals surface area contributed by atoms with E-state index < -0.39 is 17.1 Å². The number of thiazole rings is 1. The Morgan fingerprint density at radius 1 is 1.02 bits per heavy atom. The predicted molar refractivity (Wildman–Crippen MR) is 158 cm³/mol. The summed E-state index contributed by atoms with van der Waals surface area (Å²) in [5.41, 5.74) is 2.81. The second kappa shape index (κ2) is 10.7. The number of halogens is 1. The number of H-pyrrole nitrogens is 1. The van der Waals surface area contributed by atoms with Crippen LogP contribution in [0.5, 0.6) is 5.75 Å². The summed E-state index contributed by atoms with van der Waals surface area (Å²) in [6.45, 7) is 1.68. The maximum Gasteiger partial charge on any atom is 0.305 e. The molecule has 1 fully saturated rings. The van der Waals surface area contributed by atoms with Gasteiger partial charge < -0.3 is 15.0 Å². The third-order valence-corrected chi connectivity index (χ3v) is 9.75. The summed E-state index contributed by atoms with van der Waals surface area (Å²) >= 11 is 5.63. The van der Waals surface area contributed by atoms with E-state index in [4.69, 9.17) is 4.74 Å². The molecule has 3 atom stereocenters. The molecule has 0 radical (unpaired) electrons. The van der Waals surface area contributed by atoms with Crippen molar-refractivity contribution >= 4 is 68.1 Å². The summed E-state index contributed by atoms with van der Waals surface area (Å²) in [4.78, 5) is 57.2. The normalized spacial score (nSPS) is 19.8. The summed E-state index contributed by atoms with van der Waals surface area (Å²) < 4.78 is 6.82. The highest BCUT2D eigenvalue weighted by Crippen LogP contribution is 2.54. The van der Waals surface area contributed by atoms with Crippen LogP contribution in [0.4, 0.5) is 11.4 Å². The first-order valence-corrected chi connectivity index (χ1v) is 14.9. The Bertz CT molecular complexity index is 1700. The van der Waals surface area contributed by atoms with Gasteiger partial charge in [-0.3, -0.25) is 19.2 Å². The lowest BCUT2D eigenvalue weighted by atomic mass is 9.82. The van der Waals surface area contributed by atoms with Gasteiger partial charge in [0.25, 0.3) is 5.91 Å². The van der Waals surface area contributed by atoms with Crippen molar-refractivity contribution in [1.29, 1.82) is 0 Å². The molecule has 1 aromatic heterocycles. The van der Waals surface area contributed by atoms with E-state index in [2.05, 4.69) is 26.2 Å². The van der Waals surface area contributed by atoms with Crippen molar-refractivity contribution in [1.82, 2.24) is 4.98 Å². The smallest absolute Gasteiger partial charge is 0.305 e. The van der Waals surface area contributed by atoms with Gasteiger partial charge in [-0.05, 0) is 55.0 Å². The topological polar surface area (TPSA) is 109 Å². The molecule has 2 N–H and O–H groups in total. The number of hydrogen-bond donors (Lipinski definition) is 2. The molecule has 3 amide bonds. The first-order chi connectivity index (χ1) is 19.3. The van der Waals surface area contributed by atoms with Crippen LogP contribution in [-0.2, 0) is 14.4 Å². The monoisotopic (exact) mass is 635 g/mol. The number of nitrogens with zero attached hydrogens (tertiary/aromatic N) is 1. The van der Waals surface area contributed by atoms with Crippen molar-refractivity contribution in [2.45, 2.75) is 23.1 Å². The molecule has 4 aromatic rings. The molecule has 11 heteroatoms. The number of para-hydroxylation sites is 1. The van der Waals surface area contributed by atoms with Crippen LogP contribution in [-0.4, -0.2) is 34.6 Å². The Labute approximate surface area is 245 Å². The van der Waals surface area contributed by atoms with Crippen LogP contribution in [0, 0.1) is 12.8 Å². The molecule has 6 rings (SSSR count). The molecular weight excluding hydrogens is 614 g/mol. The average Bonchev–Trinajstić information content (AvgIpc) is 3.42. The molecule has 2 aliphatic heterocycles. The number of aryl methyl sites for hydroxylation is 1. The van der Waals surface area contributed by atoms with Crippen molar-refractivity contribution in [3.8, 4) is 5.75 Å². The van der Waals surface area contributed by atoms with Crippen LogP contribution in [0.3, 0.4) is 0 Å². The Hall–Kier alpha value is -3.67. The standard InChI is InChI=1S/C29H22BrN3O5S2/c1-15-5-4-6-17(13-15)31-21(34)14-38-20-8-3-2-7-19(20)22-23-25(39-26-24(22)40-29(37)32-26)28(36)33(27(23)35)18-11-9-16(30)10-12-18/h2-13,22-23,25H,14H2,1H3,(H,31,34)(H,32,37)/t22-,23-,25+/m0/s1. The maximum absolute atomic E-state index is 13.9. The molecule has 0 saturated carbocycles. The number of hydrogen-bond acceptors (Lipinski definition) is 7. The fourth-order valence-electron chi connectivity index (χ4n) is 5.13. The molecule has 202 valence electrons. The zero-order valence-electron chi connectivity index (χ0n) is 21.1. The highest BCUT2D eigenvalue weighted by Gasteiger charge is 2.56. The Morgan fingerprint density at radius 2 is 1.80 bits per heavy atom. The SMILES string of the molecule is Cc1cccc(NC(=O)COc2ccccc2[C@@H]2c3sc(=O)[nH]c3S[C@H]3C(=O)N(c4ccc(Br)cc4)C(=O)[C@@H]23)c1. The van der Waals surface area contributed by atoms with Crippen LogP contribution in [0.1, 0.15) is 21.9 Å². The van der Waals surface area contributed by atoms with E-state index in [1.165, 1.54) is 16.7 Å². The number of imide groups is 1. The lowest BCUT2D eigenvalue weighted by molar-refractivity contribution is -0.122. The molecule has 2 aliphatic rings. The van der Waals surface area contributed by atoms with E-state index >= 15 is 0 Å². The summed E-state index contributed by atoms with van der Waals surface area (Å²) in [6, 6.07) is 21.6. The first-order valence-electron chi connectivity index (χ1n) is 12.4. The van der Waals surface area contributed by atoms with Crippen LogP contribution < -0.4 is 19.8 Å². The minimum atomic E-state index is -0.758. The number of aromatic amines is 1. The number of fused-ring (bicyclic) bond motifs is 2. The molecule has 1 saturated heterocycles. The minimum Gasteiger partial charge on any atom is -0.483 e. The second-order valence-electron chi connectivity index (χ2n) is 9.48. The van der Waals surface area contributed by atoms with E-state index in [1.54, 1.807) is 42.5 Å². The van der Waals surface area contributed by atoms with Gasteiger partial charge in [0.05, 0.1) is 16.6 Å². The number of carbonyl (C=O) groups excluding carboxylic acids is 3. The highest BCUT2D eigenvalue weighted by atomic mass is 79.9. The van der Waals surface area contributed by atoms with Crippen molar-refractivity contribution in [2.75, 3.05) is 16.8 Å². The van der Waals surface area contributed by atoms with Crippen LogP contribution in [0.2, 0.25) is 0 Å². The van der Waals surface area contributed by atoms with E-state index in [9.17, 15) is 19.2 Å². The number of ether oxygens (including phenoxy) is 1. The maximum atomic E-state index is 13.9. The molecule has 0 spiro atoms. The number of nitrogens with one attached hydrogen (secondary N) is 2. The number of carbonyl (C=O) groups is 3. The Kier molecular flexibility index (Phi) is 7.11. The van der Waals surface area contributed by atoms with Crippen molar-refractivity contribution in [3.63, 3.8) is 0 Å². The van der Waals surface area contributed by atoms with E-state index in [1.807, 2.05) is 37.3 Å². The highest BCUT2D eigenvalue weighted by molar-refractivity contribution is 9.10. The van der Waals surface area contributed by atoms with E-state index in [-0.39, 0.29) is 29.2 Å². The van der Waals surface area contributed by atoms with Gasteiger partial charge in [-0.1, -0.05) is 69.4 Å². The van der Waals surface area contributed by atoms with Gasteiger partial charge in [-0.25, -0.2) is 4.90 Å². The zero-order valence-corrected chi connectivity index (χ0v) is 24.3. The predicted octanol–water partition coefficient (Wildman–Crippen LogP) is 5.32. The van der Waals surface area contributed by atoms with Gasteiger partial charge in [0.15, 0.2) is 6.61 Å². The third-order valence-electron chi connectivity index (χ3n) is 6.82. The summed E-state index contributed by atoms with van der Waals surface area (Å²) in [7, 11) is 0. The van der Waals surface area contributed by atoms with E-state index in [0.717, 1.165) is 21.4 Å². The number of anilines is 2. The summed E-state index contributed by atoms with van der Waals surface area (Å²) in [5, 5.41) is 2.68. The molecule has 8 nitrogen and oxygen atoms in total. The number of benzene rings is 3. The van der Waals surface area contributed by atoms with Crippen LogP contribution >= 0.6 is 39.0 Å². The van der Waals surface area contributed by atoms with Gasteiger partial charge in [0, 0.05) is 26.5 Å². The van der Waals surface area contributed by atoms with Crippen molar-refractivity contribution in [2.24, 2.45) is 5.92 Å². The Morgan fingerprint density at radius 3 is 2.58 bits per heavy atom. The number of rotatable bonds is 6. The fourth-order valence-corrected chi connectivity index (χ4v) is 7.90. The quantitative estimate of drug-likeness (QED) is 0.278.